The van der Waals surface area contributed by atoms with Crippen molar-refractivity contribution in [2.75, 3.05) is 18.5 Å². The monoisotopic (exact) mass is 510 g/mol. The maximum Gasteiger partial charge on any atom is 0.238 e. The van der Waals surface area contributed by atoms with E-state index in [2.05, 4.69) is 10.6 Å². The van der Waals surface area contributed by atoms with E-state index >= 15 is 0 Å². The van der Waals surface area contributed by atoms with Gasteiger partial charge in [-0.2, -0.15) is 0 Å². The van der Waals surface area contributed by atoms with Gasteiger partial charge in [0.05, 0.1) is 12.6 Å². The first kappa shape index (κ1) is 23.7. The summed E-state index contributed by atoms with van der Waals surface area (Å²) >= 11 is 12.6. The summed E-state index contributed by atoms with van der Waals surface area (Å²) in [4.78, 5) is 27.2. The lowest BCUT2D eigenvalue weighted by Gasteiger charge is -2.46. The van der Waals surface area contributed by atoms with Crippen molar-refractivity contribution in [1.29, 1.82) is 0 Å². The van der Waals surface area contributed by atoms with Crippen LogP contribution in [-0.4, -0.2) is 30.1 Å². The molecule has 6 nitrogen and oxygen atoms in total. The van der Waals surface area contributed by atoms with Crippen LogP contribution < -0.4 is 15.4 Å². The number of anilines is 1. The van der Waals surface area contributed by atoms with Crippen molar-refractivity contribution >= 4 is 40.7 Å². The Kier molecular flexibility index (Phi) is 6.21. The highest BCUT2D eigenvalue weighted by molar-refractivity contribution is 6.31. The first-order valence-electron chi connectivity index (χ1n) is 11.3. The van der Waals surface area contributed by atoms with Crippen molar-refractivity contribution in [2.24, 2.45) is 0 Å². The Labute approximate surface area is 213 Å². The number of nitrogens with one attached hydrogen (secondary N) is 2. The number of aliphatic hydroxyl groups is 1. The fraction of sp³-hybridized carbons (Fsp3) is 0.259. The molecule has 3 aromatic carbocycles. The molecule has 2 aliphatic rings. The summed E-state index contributed by atoms with van der Waals surface area (Å²) in [7, 11) is 0. The minimum atomic E-state index is -1.19. The van der Waals surface area contributed by atoms with Crippen LogP contribution in [0.25, 0.3) is 0 Å². The summed E-state index contributed by atoms with van der Waals surface area (Å²) in [6, 6.07) is 17.5. The van der Waals surface area contributed by atoms with Crippen LogP contribution in [0.15, 0.2) is 60.7 Å². The van der Waals surface area contributed by atoms with Crippen molar-refractivity contribution < 1.29 is 19.4 Å². The lowest BCUT2D eigenvalue weighted by Crippen LogP contribution is -2.56. The second-order valence-corrected chi connectivity index (χ2v) is 9.81. The molecule has 0 saturated carbocycles. The maximum absolute atomic E-state index is 14.1. The Morgan fingerprint density at radius 1 is 1.06 bits per heavy atom. The molecule has 1 fully saturated rings. The van der Waals surface area contributed by atoms with Gasteiger partial charge in [0.25, 0.3) is 0 Å². The number of amides is 2. The Balaban J connectivity index is 1.80. The highest BCUT2D eigenvalue weighted by Crippen LogP contribution is 2.58. The predicted molar refractivity (Wildman–Crippen MR) is 135 cm³/mol. The van der Waals surface area contributed by atoms with Crippen LogP contribution in [0.4, 0.5) is 5.69 Å². The van der Waals surface area contributed by atoms with Crippen LogP contribution in [0.2, 0.25) is 10.0 Å². The van der Waals surface area contributed by atoms with Gasteiger partial charge in [0, 0.05) is 33.6 Å². The van der Waals surface area contributed by atoms with Crippen LogP contribution in [0.5, 0.6) is 5.75 Å². The lowest BCUT2D eigenvalue weighted by molar-refractivity contribution is -0.131. The summed E-state index contributed by atoms with van der Waals surface area (Å²) < 4.78 is 5.86. The Bertz CT molecular complexity index is 1330. The van der Waals surface area contributed by atoms with Crippen LogP contribution in [0, 0.1) is 6.92 Å². The molecule has 0 aliphatic carbocycles. The third-order valence-electron chi connectivity index (χ3n) is 6.83. The second kappa shape index (κ2) is 9.19. The van der Waals surface area contributed by atoms with E-state index in [0.717, 1.165) is 16.7 Å². The van der Waals surface area contributed by atoms with Gasteiger partial charge in [0.15, 0.2) is 0 Å². The number of rotatable bonds is 5. The third-order valence-corrected chi connectivity index (χ3v) is 7.30. The molecule has 5 rings (SSSR count). The molecule has 0 radical (unpaired) electrons. The number of carbonyl (C=O) groups is 2. The van der Waals surface area contributed by atoms with Crippen molar-refractivity contribution in [3.8, 4) is 5.75 Å². The van der Waals surface area contributed by atoms with Gasteiger partial charge in [-0.15, -0.1) is 0 Å². The number of fused-ring (bicyclic) bond motifs is 2. The zero-order chi connectivity index (χ0) is 24.7. The van der Waals surface area contributed by atoms with E-state index in [1.54, 1.807) is 24.3 Å². The van der Waals surface area contributed by atoms with E-state index in [-0.39, 0.29) is 31.4 Å². The van der Waals surface area contributed by atoms with E-state index in [1.807, 2.05) is 43.3 Å². The summed E-state index contributed by atoms with van der Waals surface area (Å²) in [5, 5.41) is 16.5. The summed E-state index contributed by atoms with van der Waals surface area (Å²) in [5.41, 5.74) is 2.57. The molecule has 2 amide bonds. The van der Waals surface area contributed by atoms with Gasteiger partial charge >= 0.3 is 0 Å². The molecule has 3 unspecified atom stereocenters. The zero-order valence-electron chi connectivity index (χ0n) is 19.0. The lowest BCUT2D eigenvalue weighted by atomic mass is 9.59. The molecule has 1 saturated heterocycles. The molecule has 3 atom stereocenters. The van der Waals surface area contributed by atoms with Crippen molar-refractivity contribution in [1.82, 2.24) is 5.32 Å². The standard InChI is InChI=1S/C27H24Cl2N2O4/c1-15-5-8-23(35-10-9-32)19(11-15)25-27(20-7-6-18(29)13-22(20)30-26(27)34)21(14-24(33)31-25)16-3-2-4-17(28)12-16/h2-8,11-13,21,25,32H,9-10,14H2,1H3,(H,30,34)(H,31,33). The van der Waals surface area contributed by atoms with Gasteiger partial charge < -0.3 is 20.5 Å². The number of hydrogen-bond acceptors (Lipinski definition) is 4. The Hall–Kier alpha value is -3.06. The molecule has 1 spiro atoms. The normalized spacial score (nSPS) is 23.1. The van der Waals surface area contributed by atoms with Gasteiger partial charge in [-0.1, -0.05) is 59.1 Å². The summed E-state index contributed by atoms with van der Waals surface area (Å²) in [5.74, 6) is -0.431. The van der Waals surface area contributed by atoms with E-state index in [1.165, 1.54) is 0 Å². The predicted octanol–water partition coefficient (Wildman–Crippen LogP) is 4.91. The fourth-order valence-electron chi connectivity index (χ4n) is 5.45. The molecule has 0 aromatic heterocycles. The molecule has 35 heavy (non-hydrogen) atoms. The molecule has 3 aromatic rings. The first-order valence-corrected chi connectivity index (χ1v) is 12.1. The van der Waals surface area contributed by atoms with Crippen LogP contribution in [-0.2, 0) is 15.0 Å². The SMILES string of the molecule is Cc1ccc(OCCO)c(C2NC(=O)CC(c3cccc(Cl)c3)C23C(=O)Nc2cc(Cl)ccc23)c1. The summed E-state index contributed by atoms with van der Waals surface area (Å²) in [6.07, 6.45) is 0.102. The minimum absolute atomic E-state index is 0.0832. The largest absolute Gasteiger partial charge is 0.491 e. The van der Waals surface area contributed by atoms with Crippen molar-refractivity contribution in [2.45, 2.75) is 30.7 Å². The van der Waals surface area contributed by atoms with Crippen molar-refractivity contribution in [3.63, 3.8) is 0 Å². The molecule has 2 heterocycles. The van der Waals surface area contributed by atoms with E-state index in [9.17, 15) is 14.7 Å². The Morgan fingerprint density at radius 2 is 1.86 bits per heavy atom. The highest BCUT2D eigenvalue weighted by Gasteiger charge is 2.61. The number of piperidine rings is 1. The molecule has 8 heteroatoms. The zero-order valence-corrected chi connectivity index (χ0v) is 20.5. The number of aliphatic hydroxyl groups excluding tert-OH is 1. The molecular weight excluding hydrogens is 487 g/mol. The van der Waals surface area contributed by atoms with Crippen LogP contribution >= 0.6 is 23.2 Å². The number of benzene rings is 3. The van der Waals surface area contributed by atoms with E-state index in [4.69, 9.17) is 27.9 Å². The average molecular weight is 511 g/mol. The molecule has 3 N–H and O–H groups in total. The van der Waals surface area contributed by atoms with E-state index < -0.39 is 17.4 Å². The second-order valence-electron chi connectivity index (χ2n) is 8.94. The van der Waals surface area contributed by atoms with Gasteiger partial charge in [0.2, 0.25) is 11.8 Å². The third kappa shape index (κ3) is 3.96. The fourth-order valence-corrected chi connectivity index (χ4v) is 5.82. The number of hydrogen-bond donors (Lipinski definition) is 3. The quantitative estimate of drug-likeness (QED) is 0.455. The van der Waals surface area contributed by atoms with Gasteiger partial charge in [-0.25, -0.2) is 0 Å². The highest BCUT2D eigenvalue weighted by atomic mass is 35.5. The van der Waals surface area contributed by atoms with E-state index in [0.29, 0.717) is 27.0 Å². The first-order chi connectivity index (χ1) is 16.8. The molecule has 2 aliphatic heterocycles. The number of carbonyl (C=O) groups excluding carboxylic acids is 2. The summed E-state index contributed by atoms with van der Waals surface area (Å²) in [6.45, 7) is 1.86. The number of aryl methyl sites for hydroxylation is 1. The van der Waals surface area contributed by atoms with Crippen molar-refractivity contribution in [3.05, 3.63) is 93.0 Å². The maximum atomic E-state index is 14.1. The number of ether oxygens (including phenoxy) is 1. The van der Waals surface area contributed by atoms with Crippen LogP contribution in [0.1, 0.15) is 40.6 Å². The molecular formula is C27H24Cl2N2O4. The molecule has 180 valence electrons. The number of halogens is 2. The van der Waals surface area contributed by atoms with Gasteiger partial charge in [-0.3, -0.25) is 9.59 Å². The average Bonchev–Trinajstić information content (AvgIpc) is 3.10. The van der Waals surface area contributed by atoms with Crippen LogP contribution in [0.3, 0.4) is 0 Å². The van der Waals surface area contributed by atoms with Gasteiger partial charge in [0.1, 0.15) is 17.8 Å². The Morgan fingerprint density at radius 3 is 2.63 bits per heavy atom. The van der Waals surface area contributed by atoms with Gasteiger partial charge in [-0.05, 0) is 48.4 Å². The minimum Gasteiger partial charge on any atom is -0.491 e. The topological polar surface area (TPSA) is 87.7 Å². The molecule has 0 bridgehead atoms. The smallest absolute Gasteiger partial charge is 0.238 e.